The van der Waals surface area contributed by atoms with Gasteiger partial charge in [-0.3, -0.25) is 0 Å². The van der Waals surface area contributed by atoms with Gasteiger partial charge in [-0.2, -0.15) is 10.4 Å². The van der Waals surface area contributed by atoms with E-state index in [0.29, 0.717) is 11.2 Å². The Bertz CT molecular complexity index is 709. The van der Waals surface area contributed by atoms with E-state index in [-0.39, 0.29) is 5.82 Å². The molecule has 8 heteroatoms. The van der Waals surface area contributed by atoms with Crippen molar-refractivity contribution in [1.29, 1.82) is 5.26 Å². The second-order valence-electron chi connectivity index (χ2n) is 4.77. The zero-order valence-corrected chi connectivity index (χ0v) is 10.6. The van der Waals surface area contributed by atoms with Crippen LogP contribution in [-0.4, -0.2) is 43.1 Å². The SMILES string of the molecule is C[C@H]1O[C@@](C#N)(c2ccc3c(N)ncnn23)[C@H](O)[C@@H]1O. The van der Waals surface area contributed by atoms with Crippen LogP contribution >= 0.6 is 0 Å². The summed E-state index contributed by atoms with van der Waals surface area (Å²) in [5, 5.41) is 33.6. The lowest BCUT2D eigenvalue weighted by atomic mass is 9.93. The summed E-state index contributed by atoms with van der Waals surface area (Å²) in [6.45, 7) is 1.59. The van der Waals surface area contributed by atoms with Gasteiger partial charge in [-0.1, -0.05) is 0 Å². The molecule has 1 saturated heterocycles. The van der Waals surface area contributed by atoms with Gasteiger partial charge in [-0.05, 0) is 19.1 Å². The fourth-order valence-electron chi connectivity index (χ4n) is 2.53. The molecule has 0 aliphatic carbocycles. The first kappa shape index (κ1) is 12.8. The van der Waals surface area contributed by atoms with Gasteiger partial charge in [0, 0.05) is 0 Å². The Balaban J connectivity index is 2.24. The first-order valence-corrected chi connectivity index (χ1v) is 6.05. The summed E-state index contributed by atoms with van der Waals surface area (Å²) >= 11 is 0. The van der Waals surface area contributed by atoms with Crippen molar-refractivity contribution >= 4 is 11.3 Å². The predicted molar refractivity (Wildman–Crippen MR) is 67.3 cm³/mol. The number of nitrogens with two attached hydrogens (primary N) is 1. The molecule has 104 valence electrons. The number of hydrogen-bond acceptors (Lipinski definition) is 7. The van der Waals surface area contributed by atoms with Crippen LogP contribution in [0.15, 0.2) is 18.5 Å². The highest BCUT2D eigenvalue weighted by molar-refractivity contribution is 5.66. The van der Waals surface area contributed by atoms with E-state index in [2.05, 4.69) is 10.1 Å². The number of aromatic nitrogens is 3. The average molecular weight is 275 g/mol. The number of nitrogen functional groups attached to an aromatic ring is 1. The van der Waals surface area contributed by atoms with E-state index in [1.807, 2.05) is 6.07 Å². The topological polar surface area (TPSA) is 130 Å². The highest BCUT2D eigenvalue weighted by Gasteiger charge is 2.56. The van der Waals surface area contributed by atoms with Crippen LogP contribution in [0, 0.1) is 11.3 Å². The van der Waals surface area contributed by atoms with Crippen LogP contribution in [0.25, 0.3) is 5.52 Å². The largest absolute Gasteiger partial charge is 0.388 e. The number of nitriles is 1. The average Bonchev–Trinajstić information content (AvgIpc) is 2.96. The Labute approximate surface area is 114 Å². The lowest BCUT2D eigenvalue weighted by Gasteiger charge is -2.24. The summed E-state index contributed by atoms with van der Waals surface area (Å²) in [7, 11) is 0. The Morgan fingerprint density at radius 3 is 2.85 bits per heavy atom. The smallest absolute Gasteiger partial charge is 0.225 e. The van der Waals surface area contributed by atoms with E-state index in [1.165, 1.54) is 10.8 Å². The first-order valence-electron chi connectivity index (χ1n) is 6.05. The van der Waals surface area contributed by atoms with Crippen molar-refractivity contribution < 1.29 is 14.9 Å². The van der Waals surface area contributed by atoms with Gasteiger partial charge in [0.15, 0.2) is 5.82 Å². The van der Waals surface area contributed by atoms with E-state index in [1.54, 1.807) is 19.1 Å². The normalized spacial score (nSPS) is 33.4. The van der Waals surface area contributed by atoms with Crippen molar-refractivity contribution in [2.75, 3.05) is 5.73 Å². The summed E-state index contributed by atoms with van der Waals surface area (Å²) in [5.41, 5.74) is 4.85. The van der Waals surface area contributed by atoms with Gasteiger partial charge in [0.1, 0.15) is 30.1 Å². The zero-order valence-electron chi connectivity index (χ0n) is 10.6. The number of rotatable bonds is 1. The maximum atomic E-state index is 10.2. The maximum Gasteiger partial charge on any atom is 0.225 e. The van der Waals surface area contributed by atoms with E-state index in [4.69, 9.17) is 10.5 Å². The molecular weight excluding hydrogens is 262 g/mol. The molecule has 4 N–H and O–H groups in total. The monoisotopic (exact) mass is 275 g/mol. The van der Waals surface area contributed by atoms with E-state index in [9.17, 15) is 15.5 Å². The Hall–Kier alpha value is -2.21. The number of nitrogens with zero attached hydrogens (tertiary/aromatic N) is 4. The van der Waals surface area contributed by atoms with Crippen molar-refractivity contribution in [2.24, 2.45) is 0 Å². The number of hydrogen-bond donors (Lipinski definition) is 3. The van der Waals surface area contributed by atoms with Crippen molar-refractivity contribution in [3.63, 3.8) is 0 Å². The molecule has 0 radical (unpaired) electrons. The van der Waals surface area contributed by atoms with Crippen LogP contribution in [0.1, 0.15) is 12.6 Å². The van der Waals surface area contributed by atoms with Crippen molar-refractivity contribution in [3.05, 3.63) is 24.2 Å². The zero-order chi connectivity index (χ0) is 14.5. The molecule has 0 spiro atoms. The van der Waals surface area contributed by atoms with Crippen LogP contribution in [0.2, 0.25) is 0 Å². The molecule has 20 heavy (non-hydrogen) atoms. The third kappa shape index (κ3) is 1.45. The molecule has 4 atom stereocenters. The highest BCUT2D eigenvalue weighted by atomic mass is 16.6. The Morgan fingerprint density at radius 1 is 1.50 bits per heavy atom. The molecule has 0 amide bonds. The molecule has 0 saturated carbocycles. The Morgan fingerprint density at radius 2 is 2.25 bits per heavy atom. The van der Waals surface area contributed by atoms with E-state index in [0.717, 1.165) is 0 Å². The minimum absolute atomic E-state index is 0.250. The fraction of sp³-hybridized carbons (Fsp3) is 0.417. The number of fused-ring (bicyclic) bond motifs is 1. The van der Waals surface area contributed by atoms with E-state index < -0.39 is 23.9 Å². The maximum absolute atomic E-state index is 10.2. The Kier molecular flexibility index (Phi) is 2.65. The number of ether oxygens (including phenoxy) is 1. The van der Waals surface area contributed by atoms with Gasteiger partial charge >= 0.3 is 0 Å². The molecule has 1 aliphatic heterocycles. The highest BCUT2D eigenvalue weighted by Crippen LogP contribution is 2.40. The summed E-state index contributed by atoms with van der Waals surface area (Å²) in [5.74, 6) is 0.250. The van der Waals surface area contributed by atoms with Gasteiger partial charge in [0.05, 0.1) is 11.8 Å². The van der Waals surface area contributed by atoms with Crippen LogP contribution < -0.4 is 5.73 Å². The second kappa shape index (κ2) is 4.14. The molecule has 3 heterocycles. The van der Waals surface area contributed by atoms with Crippen molar-refractivity contribution in [3.8, 4) is 6.07 Å². The molecular formula is C12H13N5O3. The summed E-state index contributed by atoms with van der Waals surface area (Å²) in [6.07, 6.45) is -1.96. The molecule has 2 aromatic heterocycles. The first-order chi connectivity index (χ1) is 9.51. The van der Waals surface area contributed by atoms with Gasteiger partial charge in [-0.15, -0.1) is 0 Å². The quantitative estimate of drug-likeness (QED) is 0.619. The molecule has 8 nitrogen and oxygen atoms in total. The predicted octanol–water partition coefficient (Wildman–Crippen LogP) is -0.829. The summed E-state index contributed by atoms with van der Waals surface area (Å²) in [6, 6.07) is 5.16. The number of aliphatic hydroxyl groups excluding tert-OH is 2. The lowest BCUT2D eigenvalue weighted by molar-refractivity contribution is -0.0457. The standard InChI is InChI=1S/C12H13N5O3/c1-6-9(18)10(19)12(4-13,20-6)8-3-2-7-11(14)15-5-16-17(7)8/h2-3,5-6,9-10,18-19H,1H3,(H2,14,15,16)/t6-,9-,10-,12+/m1/s1. The third-order valence-corrected chi connectivity index (χ3v) is 3.62. The molecule has 1 aliphatic rings. The molecule has 0 unspecified atom stereocenters. The second-order valence-corrected chi connectivity index (χ2v) is 4.77. The molecule has 0 bridgehead atoms. The van der Waals surface area contributed by atoms with Crippen molar-refractivity contribution in [2.45, 2.75) is 30.8 Å². The van der Waals surface area contributed by atoms with Gasteiger partial charge in [0.25, 0.3) is 0 Å². The van der Waals surface area contributed by atoms with Crippen molar-refractivity contribution in [1.82, 2.24) is 14.6 Å². The third-order valence-electron chi connectivity index (χ3n) is 3.62. The summed E-state index contributed by atoms with van der Waals surface area (Å²) < 4.78 is 6.92. The lowest BCUT2D eigenvalue weighted by Crippen LogP contribution is -2.40. The van der Waals surface area contributed by atoms with Gasteiger partial charge in [-0.25, -0.2) is 9.50 Å². The molecule has 0 aromatic carbocycles. The van der Waals surface area contributed by atoms with Gasteiger partial charge < -0.3 is 20.7 Å². The van der Waals surface area contributed by atoms with Crippen LogP contribution in [0.3, 0.4) is 0 Å². The van der Waals surface area contributed by atoms with Gasteiger partial charge in [0.2, 0.25) is 5.60 Å². The number of anilines is 1. The van der Waals surface area contributed by atoms with E-state index >= 15 is 0 Å². The van der Waals surface area contributed by atoms with Crippen LogP contribution in [0.4, 0.5) is 5.82 Å². The molecule has 2 aromatic rings. The van der Waals surface area contributed by atoms with Crippen LogP contribution in [0.5, 0.6) is 0 Å². The molecule has 3 rings (SSSR count). The summed E-state index contributed by atoms with van der Waals surface area (Å²) in [4.78, 5) is 3.85. The van der Waals surface area contributed by atoms with Crippen LogP contribution in [-0.2, 0) is 10.3 Å². The fourth-order valence-corrected chi connectivity index (χ4v) is 2.53. The number of aliphatic hydroxyl groups is 2. The minimum atomic E-state index is -1.69. The minimum Gasteiger partial charge on any atom is -0.388 e. The molecule has 1 fully saturated rings.